The van der Waals surface area contributed by atoms with Gasteiger partial charge in [-0.3, -0.25) is 14.3 Å². The van der Waals surface area contributed by atoms with Crippen molar-refractivity contribution >= 4 is 34.2 Å². The number of benzene rings is 2. The average Bonchev–Trinajstić information content (AvgIpc) is 3.03. The summed E-state index contributed by atoms with van der Waals surface area (Å²) in [6, 6.07) is 15.9. The van der Waals surface area contributed by atoms with Crippen molar-refractivity contribution in [3.8, 4) is 11.4 Å². The maximum atomic E-state index is 13.0. The number of nitrogens with one attached hydrogen (secondary N) is 1. The zero-order chi connectivity index (χ0) is 21.3. The summed E-state index contributed by atoms with van der Waals surface area (Å²) in [4.78, 5) is 30.3. The third kappa shape index (κ3) is 3.55. The van der Waals surface area contributed by atoms with Gasteiger partial charge in [-0.2, -0.15) is 0 Å². The summed E-state index contributed by atoms with van der Waals surface area (Å²) < 4.78 is 8.35. The highest BCUT2D eigenvalue weighted by Crippen LogP contribution is 2.31. The molecule has 8 heteroatoms. The van der Waals surface area contributed by atoms with Crippen molar-refractivity contribution in [3.05, 3.63) is 81.7 Å². The molecule has 1 amide bonds. The number of carbonyl (C=O) groups is 1. The van der Waals surface area contributed by atoms with E-state index in [2.05, 4.69) is 10.3 Å². The molecule has 30 heavy (non-hydrogen) atoms. The first-order chi connectivity index (χ1) is 14.5. The van der Waals surface area contributed by atoms with Crippen molar-refractivity contribution in [1.82, 2.24) is 14.3 Å². The molecule has 2 heterocycles. The molecule has 0 spiro atoms. The zero-order valence-electron chi connectivity index (χ0n) is 16.4. The molecule has 0 saturated heterocycles. The predicted molar refractivity (Wildman–Crippen MR) is 117 cm³/mol. The minimum atomic E-state index is -0.331. The Labute approximate surface area is 177 Å². The molecule has 2 aromatic carbocycles. The normalized spacial score (nSPS) is 10.9. The lowest BCUT2D eigenvalue weighted by Gasteiger charge is -2.15. The molecule has 0 saturated carbocycles. The maximum absolute atomic E-state index is 13.0. The number of para-hydroxylation sites is 1. The average molecular weight is 423 g/mol. The summed E-state index contributed by atoms with van der Waals surface area (Å²) >= 11 is 6.14. The van der Waals surface area contributed by atoms with E-state index in [1.54, 1.807) is 47.3 Å². The molecule has 0 aliphatic rings. The van der Waals surface area contributed by atoms with E-state index in [0.29, 0.717) is 33.2 Å². The lowest BCUT2D eigenvalue weighted by Crippen LogP contribution is -2.27. The van der Waals surface area contributed by atoms with Gasteiger partial charge in [-0.05, 0) is 42.8 Å². The van der Waals surface area contributed by atoms with Gasteiger partial charge < -0.3 is 10.1 Å². The summed E-state index contributed by atoms with van der Waals surface area (Å²) in [6.45, 7) is 1.73. The maximum Gasteiger partial charge on any atom is 0.280 e. The molecular formula is C22H19ClN4O3. The highest BCUT2D eigenvalue weighted by atomic mass is 35.5. The summed E-state index contributed by atoms with van der Waals surface area (Å²) in [7, 11) is 1.51. The van der Waals surface area contributed by atoms with Crippen molar-refractivity contribution in [2.75, 3.05) is 12.4 Å². The number of ether oxygens (including phenoxy) is 1. The van der Waals surface area contributed by atoms with Crippen LogP contribution in [0.3, 0.4) is 0 Å². The van der Waals surface area contributed by atoms with Crippen molar-refractivity contribution in [2.45, 2.75) is 13.5 Å². The van der Waals surface area contributed by atoms with Crippen LogP contribution >= 0.6 is 11.6 Å². The first-order valence-corrected chi connectivity index (χ1v) is 9.63. The second-order valence-corrected chi connectivity index (χ2v) is 7.14. The summed E-state index contributed by atoms with van der Waals surface area (Å²) in [6.07, 6.45) is 1.59. The van der Waals surface area contributed by atoms with Crippen LogP contribution in [0, 0.1) is 6.92 Å². The number of fused-ring (bicyclic) bond motifs is 1. The molecule has 0 bridgehead atoms. The number of methoxy groups -OCH3 is 1. The van der Waals surface area contributed by atoms with E-state index in [0.717, 1.165) is 5.56 Å². The molecule has 4 rings (SSSR count). The first-order valence-electron chi connectivity index (χ1n) is 9.25. The van der Waals surface area contributed by atoms with Gasteiger partial charge in [-0.1, -0.05) is 29.8 Å². The van der Waals surface area contributed by atoms with Crippen molar-refractivity contribution in [1.29, 1.82) is 0 Å². The van der Waals surface area contributed by atoms with E-state index in [9.17, 15) is 9.59 Å². The second kappa shape index (κ2) is 8.04. The van der Waals surface area contributed by atoms with Gasteiger partial charge in [0.05, 0.1) is 23.9 Å². The van der Waals surface area contributed by atoms with Gasteiger partial charge in [0.2, 0.25) is 5.91 Å². The summed E-state index contributed by atoms with van der Waals surface area (Å²) in [5.41, 5.74) is 2.15. The Morgan fingerprint density at radius 1 is 1.17 bits per heavy atom. The minimum absolute atomic E-state index is 0.116. The van der Waals surface area contributed by atoms with E-state index in [1.165, 1.54) is 11.8 Å². The third-order valence-corrected chi connectivity index (χ3v) is 5.15. The minimum Gasteiger partial charge on any atom is -0.495 e. The van der Waals surface area contributed by atoms with E-state index in [-0.39, 0.29) is 18.0 Å². The van der Waals surface area contributed by atoms with Crippen LogP contribution in [-0.2, 0) is 11.3 Å². The first kappa shape index (κ1) is 19.7. The number of amides is 1. The van der Waals surface area contributed by atoms with Gasteiger partial charge >= 0.3 is 0 Å². The number of pyridine rings is 1. The smallest absolute Gasteiger partial charge is 0.280 e. The second-order valence-electron chi connectivity index (χ2n) is 6.73. The number of carbonyl (C=O) groups excluding carboxylic acids is 1. The quantitative estimate of drug-likeness (QED) is 0.530. The molecule has 4 aromatic rings. The van der Waals surface area contributed by atoms with Crippen LogP contribution in [0.5, 0.6) is 5.75 Å². The number of hydrogen-bond acceptors (Lipinski definition) is 4. The predicted octanol–water partition coefficient (Wildman–Crippen LogP) is 3.80. The van der Waals surface area contributed by atoms with Crippen LogP contribution in [0.1, 0.15) is 5.56 Å². The fourth-order valence-electron chi connectivity index (χ4n) is 3.32. The number of aryl methyl sites for hydroxylation is 1. The van der Waals surface area contributed by atoms with Crippen LogP contribution in [0.2, 0.25) is 5.02 Å². The standard InChI is InChI=1S/C22H19ClN4O3/c1-14-11-18(19(30-2)12-17(14)23)25-20(28)13-26-21-16(9-6-10-24-21)22(29)27(26)15-7-4-3-5-8-15/h3-12H,13H2,1-2H3,(H,25,28). The van der Waals surface area contributed by atoms with Crippen molar-refractivity contribution in [3.63, 3.8) is 0 Å². The van der Waals surface area contributed by atoms with E-state index in [4.69, 9.17) is 16.3 Å². The van der Waals surface area contributed by atoms with Crippen LogP contribution < -0.4 is 15.6 Å². The van der Waals surface area contributed by atoms with Crippen molar-refractivity contribution < 1.29 is 9.53 Å². The lowest BCUT2D eigenvalue weighted by atomic mass is 10.2. The molecule has 0 radical (unpaired) electrons. The number of anilines is 1. The van der Waals surface area contributed by atoms with Gasteiger partial charge in [0.1, 0.15) is 12.3 Å². The third-order valence-electron chi connectivity index (χ3n) is 4.74. The van der Waals surface area contributed by atoms with E-state index < -0.39 is 0 Å². The Morgan fingerprint density at radius 2 is 1.93 bits per heavy atom. The van der Waals surface area contributed by atoms with Gasteiger partial charge in [0, 0.05) is 17.3 Å². The largest absolute Gasteiger partial charge is 0.495 e. The molecule has 0 aliphatic heterocycles. The highest BCUT2D eigenvalue weighted by Gasteiger charge is 2.18. The number of halogens is 1. The Kier molecular flexibility index (Phi) is 5.29. The number of rotatable bonds is 5. The Balaban J connectivity index is 1.75. The summed E-state index contributed by atoms with van der Waals surface area (Å²) in [5.74, 6) is 0.122. The van der Waals surface area contributed by atoms with Crippen LogP contribution in [0.25, 0.3) is 16.7 Å². The van der Waals surface area contributed by atoms with Crippen molar-refractivity contribution in [2.24, 2.45) is 0 Å². The monoisotopic (exact) mass is 422 g/mol. The van der Waals surface area contributed by atoms with Gasteiger partial charge in [0.25, 0.3) is 5.56 Å². The highest BCUT2D eigenvalue weighted by molar-refractivity contribution is 6.31. The molecule has 0 atom stereocenters. The Bertz CT molecular complexity index is 1300. The fraction of sp³-hybridized carbons (Fsp3) is 0.136. The molecule has 0 unspecified atom stereocenters. The van der Waals surface area contributed by atoms with Gasteiger partial charge in [-0.15, -0.1) is 0 Å². The Hall–Kier alpha value is -3.58. The molecular weight excluding hydrogens is 404 g/mol. The lowest BCUT2D eigenvalue weighted by molar-refractivity contribution is -0.117. The summed E-state index contributed by atoms with van der Waals surface area (Å²) in [5, 5.41) is 3.83. The van der Waals surface area contributed by atoms with Gasteiger partial charge in [-0.25, -0.2) is 9.67 Å². The number of hydrogen-bond donors (Lipinski definition) is 1. The molecule has 152 valence electrons. The molecule has 7 nitrogen and oxygen atoms in total. The van der Waals surface area contributed by atoms with E-state index >= 15 is 0 Å². The molecule has 0 fully saturated rings. The molecule has 1 N–H and O–H groups in total. The Morgan fingerprint density at radius 3 is 2.67 bits per heavy atom. The zero-order valence-corrected chi connectivity index (χ0v) is 17.2. The van der Waals surface area contributed by atoms with Crippen LogP contribution in [0.15, 0.2) is 65.6 Å². The number of nitrogens with zero attached hydrogens (tertiary/aromatic N) is 3. The number of aromatic nitrogens is 3. The van der Waals surface area contributed by atoms with Gasteiger partial charge in [0.15, 0.2) is 5.65 Å². The fourth-order valence-corrected chi connectivity index (χ4v) is 3.47. The van der Waals surface area contributed by atoms with Crippen LogP contribution in [0.4, 0.5) is 5.69 Å². The topological polar surface area (TPSA) is 78.2 Å². The SMILES string of the molecule is COc1cc(Cl)c(C)cc1NC(=O)Cn1c2ncccc2c(=O)n1-c1ccccc1. The van der Waals surface area contributed by atoms with E-state index in [1.807, 2.05) is 25.1 Å². The molecule has 2 aromatic heterocycles. The van der Waals surface area contributed by atoms with Crippen LogP contribution in [-0.4, -0.2) is 27.4 Å². The molecule has 0 aliphatic carbocycles.